The van der Waals surface area contributed by atoms with Crippen molar-refractivity contribution in [2.24, 2.45) is 0 Å². The van der Waals surface area contributed by atoms with Crippen molar-refractivity contribution in [3.63, 3.8) is 0 Å². The second kappa shape index (κ2) is 3.00. The molecule has 1 aromatic carbocycles. The Hall–Kier alpha value is -0.320. The summed E-state index contributed by atoms with van der Waals surface area (Å²) in [5.41, 5.74) is 2.06. The number of anilines is 1. The number of nitrogens with one attached hydrogen (secondary N) is 1. The quantitative estimate of drug-likeness (QED) is 0.584. The highest BCUT2D eigenvalue weighted by Crippen LogP contribution is 2.11. The molecule has 0 saturated heterocycles. The summed E-state index contributed by atoms with van der Waals surface area (Å²) in [5, 5.41) is 0. The molecule has 1 nitrogen and oxygen atoms in total. The molecule has 48 valence electrons. The van der Waals surface area contributed by atoms with Crippen LogP contribution in [0.3, 0.4) is 0 Å². The predicted molar refractivity (Wildman–Crippen MR) is 43.9 cm³/mol. The van der Waals surface area contributed by atoms with Crippen LogP contribution in [-0.4, -0.2) is 0 Å². The van der Waals surface area contributed by atoms with Crippen molar-refractivity contribution in [1.29, 1.82) is 0 Å². The van der Waals surface area contributed by atoms with E-state index in [0.717, 1.165) is 3.57 Å². The number of hydrogen-bond donors (Lipinski definition) is 1. The maximum Gasteiger partial charge on any atom is 0.0666 e. The fraction of sp³-hybridized carbons (Fsp3) is 0. The summed E-state index contributed by atoms with van der Waals surface area (Å²) in [6, 6.07) is 7.09. The van der Waals surface area contributed by atoms with Crippen LogP contribution in [0.2, 0.25) is 0 Å². The largest absolute Gasteiger partial charge is 0.225 e. The smallest absolute Gasteiger partial charge is 0.0666 e. The lowest BCUT2D eigenvalue weighted by atomic mass is 10.3. The summed E-state index contributed by atoms with van der Waals surface area (Å²) in [6.07, 6.45) is 0. The van der Waals surface area contributed by atoms with Crippen LogP contribution in [0.15, 0.2) is 24.3 Å². The van der Waals surface area contributed by atoms with Crippen LogP contribution < -0.4 is 5.54 Å². The zero-order valence-corrected chi connectivity index (χ0v) is 6.72. The van der Waals surface area contributed by atoms with Crippen molar-refractivity contribution in [3.8, 4) is 0 Å². The molecule has 0 heterocycles. The molecular weight excluding hydrogens is 232 g/mol. The Morgan fingerprint density at radius 3 is 2.67 bits per heavy atom. The van der Waals surface area contributed by atoms with Crippen molar-refractivity contribution in [2.75, 3.05) is 5.54 Å². The molecule has 1 aromatic rings. The number of benzene rings is 1. The molecule has 1 rings (SSSR count). The molecule has 0 radical (unpaired) electrons. The average Bonchev–Trinajstić information content (AvgIpc) is 1.88. The van der Waals surface area contributed by atoms with E-state index < -0.39 is 0 Å². The topological polar surface area (TPSA) is 12.0 Å². The Morgan fingerprint density at radius 2 is 2.22 bits per heavy atom. The Labute approximate surface area is 66.3 Å². The van der Waals surface area contributed by atoms with Gasteiger partial charge >= 0.3 is 0 Å². The zero-order valence-electron chi connectivity index (χ0n) is 4.57. The summed E-state index contributed by atoms with van der Waals surface area (Å²) in [4.78, 5) is 0. The third kappa shape index (κ3) is 1.82. The molecule has 0 aromatic heterocycles. The predicted octanol–water partition coefficient (Wildman–Crippen LogP) is 2.59. The van der Waals surface area contributed by atoms with E-state index in [0.29, 0.717) is 5.69 Å². The van der Waals surface area contributed by atoms with Crippen LogP contribution in [0.1, 0.15) is 0 Å². The van der Waals surface area contributed by atoms with Crippen LogP contribution >= 0.6 is 22.6 Å². The fourth-order valence-corrected chi connectivity index (χ4v) is 1.09. The third-order valence-corrected chi connectivity index (χ3v) is 1.60. The summed E-state index contributed by atoms with van der Waals surface area (Å²) < 4.78 is 12.7. The Kier molecular flexibility index (Phi) is 2.27. The lowest BCUT2D eigenvalue weighted by Gasteiger charge is -1.93. The van der Waals surface area contributed by atoms with E-state index in [1.165, 1.54) is 0 Å². The molecule has 1 N–H and O–H groups in total. The van der Waals surface area contributed by atoms with Crippen LogP contribution in [0.25, 0.3) is 0 Å². The highest BCUT2D eigenvalue weighted by molar-refractivity contribution is 14.1. The van der Waals surface area contributed by atoms with E-state index in [-0.39, 0.29) is 0 Å². The van der Waals surface area contributed by atoms with Gasteiger partial charge in [-0.3, -0.25) is 0 Å². The summed E-state index contributed by atoms with van der Waals surface area (Å²) >= 11 is 2.12. The molecule has 0 fully saturated rings. The van der Waals surface area contributed by atoms with Gasteiger partial charge in [0.25, 0.3) is 0 Å². The van der Waals surface area contributed by atoms with Gasteiger partial charge in [-0.25, -0.2) is 5.54 Å². The molecule has 0 unspecified atom stereocenters. The monoisotopic (exact) mass is 237 g/mol. The lowest BCUT2D eigenvalue weighted by molar-refractivity contribution is 0.617. The van der Waals surface area contributed by atoms with Gasteiger partial charge in [0.15, 0.2) is 0 Å². The van der Waals surface area contributed by atoms with Gasteiger partial charge in [0.1, 0.15) is 0 Å². The minimum atomic E-state index is 0.502. The standard InChI is InChI=1S/C6H5FIN/c7-9-6-3-1-2-5(8)4-6/h1-4,9H. The van der Waals surface area contributed by atoms with Gasteiger partial charge in [-0.1, -0.05) is 6.07 Å². The van der Waals surface area contributed by atoms with Gasteiger partial charge in [-0.05, 0) is 40.8 Å². The van der Waals surface area contributed by atoms with E-state index in [9.17, 15) is 4.48 Å². The molecule has 0 bridgehead atoms. The Bertz CT molecular complexity index is 202. The van der Waals surface area contributed by atoms with E-state index in [1.54, 1.807) is 23.7 Å². The molecule has 3 heteroatoms. The first-order valence-electron chi connectivity index (χ1n) is 2.45. The van der Waals surface area contributed by atoms with Crippen LogP contribution in [0.5, 0.6) is 0 Å². The third-order valence-electron chi connectivity index (χ3n) is 0.934. The second-order valence-corrected chi connectivity index (χ2v) is 2.85. The van der Waals surface area contributed by atoms with Crippen LogP contribution in [0, 0.1) is 3.57 Å². The highest BCUT2D eigenvalue weighted by atomic mass is 127. The van der Waals surface area contributed by atoms with Gasteiger partial charge in [0, 0.05) is 3.57 Å². The molecule has 0 amide bonds. The summed E-state index contributed by atoms with van der Waals surface area (Å²) in [6.45, 7) is 0. The van der Waals surface area contributed by atoms with Crippen molar-refractivity contribution < 1.29 is 4.48 Å². The van der Waals surface area contributed by atoms with Crippen molar-refractivity contribution in [2.45, 2.75) is 0 Å². The maximum absolute atomic E-state index is 11.7. The zero-order chi connectivity index (χ0) is 6.69. The minimum Gasteiger partial charge on any atom is -0.225 e. The molecule has 0 aliphatic rings. The lowest BCUT2D eigenvalue weighted by Crippen LogP contribution is -1.80. The molecular formula is C6H5FIN. The van der Waals surface area contributed by atoms with E-state index in [4.69, 9.17) is 0 Å². The summed E-state index contributed by atoms with van der Waals surface area (Å²) in [5.74, 6) is 0. The van der Waals surface area contributed by atoms with Crippen molar-refractivity contribution in [3.05, 3.63) is 27.8 Å². The van der Waals surface area contributed by atoms with Crippen molar-refractivity contribution in [1.82, 2.24) is 0 Å². The van der Waals surface area contributed by atoms with Gasteiger partial charge in [0.2, 0.25) is 0 Å². The maximum atomic E-state index is 11.7. The van der Waals surface area contributed by atoms with Gasteiger partial charge in [-0.15, -0.1) is 4.48 Å². The van der Waals surface area contributed by atoms with Gasteiger partial charge < -0.3 is 0 Å². The number of hydrogen-bond acceptors (Lipinski definition) is 1. The molecule has 9 heavy (non-hydrogen) atoms. The van der Waals surface area contributed by atoms with E-state index in [1.807, 2.05) is 6.07 Å². The second-order valence-electron chi connectivity index (χ2n) is 1.60. The van der Waals surface area contributed by atoms with E-state index >= 15 is 0 Å². The van der Waals surface area contributed by atoms with Crippen molar-refractivity contribution >= 4 is 28.3 Å². The van der Waals surface area contributed by atoms with Gasteiger partial charge in [0.05, 0.1) is 5.69 Å². The van der Waals surface area contributed by atoms with Crippen LogP contribution in [-0.2, 0) is 0 Å². The average molecular weight is 237 g/mol. The molecule has 0 aliphatic heterocycles. The van der Waals surface area contributed by atoms with Gasteiger partial charge in [-0.2, -0.15) is 0 Å². The Morgan fingerprint density at radius 1 is 1.44 bits per heavy atom. The van der Waals surface area contributed by atoms with E-state index in [2.05, 4.69) is 22.6 Å². The molecule has 0 spiro atoms. The number of rotatable bonds is 1. The first kappa shape index (κ1) is 6.80. The Balaban J connectivity index is 2.94. The first-order valence-corrected chi connectivity index (χ1v) is 3.53. The molecule has 0 saturated carbocycles. The molecule has 0 aliphatic carbocycles. The first-order chi connectivity index (χ1) is 4.33. The normalized spacial score (nSPS) is 9.11. The SMILES string of the molecule is FNc1cccc(I)c1. The minimum absolute atomic E-state index is 0.502. The molecule has 0 atom stereocenters. The number of halogens is 2. The fourth-order valence-electron chi connectivity index (χ4n) is 0.547. The highest BCUT2D eigenvalue weighted by Gasteiger charge is 1.88. The van der Waals surface area contributed by atoms with Crippen LogP contribution in [0.4, 0.5) is 10.2 Å². The summed E-state index contributed by atoms with van der Waals surface area (Å²) in [7, 11) is 0.